The van der Waals surface area contributed by atoms with E-state index in [1.807, 2.05) is 12.1 Å². The highest BCUT2D eigenvalue weighted by molar-refractivity contribution is 9.10. The molecule has 3 aliphatic rings. The first-order chi connectivity index (χ1) is 33.5. The number of piperazine rings is 1. The zero-order valence-electron chi connectivity index (χ0n) is 41.4. The molecule has 17 nitrogen and oxygen atoms in total. The average Bonchev–Trinajstić information content (AvgIpc) is 3.95. The molecule has 0 spiro atoms. The SMILES string of the molecule is COC(=O)NC(C(=O)N[C@@H](Cc1ccc(C#Cc2ccc(N3CC4CCC(C3)N4C(=O)[C@@H]3CCCO3)nc2)cc1)[C@@H](O)CN(Cc1c(F)cc(Br)cc1F)NC(=O)[C@@H](NC(=O)OC)C(C)(C)C)C(C)(C)C. The average molecular weight is 1050 g/mol. The molecule has 3 aliphatic heterocycles. The predicted octanol–water partition coefficient (Wildman–Crippen LogP) is 5.34. The number of hydrazine groups is 1. The van der Waals surface area contributed by atoms with Gasteiger partial charge < -0.3 is 45.1 Å². The normalized spacial score (nSPS) is 19.4. The number of aromatic nitrogens is 1. The number of nitrogens with one attached hydrogen (secondary N) is 4. The summed E-state index contributed by atoms with van der Waals surface area (Å²) in [6.45, 7) is 11.3. The summed E-state index contributed by atoms with van der Waals surface area (Å²) < 4.78 is 46.1. The lowest BCUT2D eigenvalue weighted by Gasteiger charge is -2.42. The number of carbonyl (C=O) groups is 5. The molecular weight excluding hydrogens is 987 g/mol. The van der Waals surface area contributed by atoms with Gasteiger partial charge in [0.15, 0.2) is 0 Å². The van der Waals surface area contributed by atoms with Gasteiger partial charge in [-0.3, -0.25) is 19.8 Å². The summed E-state index contributed by atoms with van der Waals surface area (Å²) in [5, 5.41) is 21.1. The summed E-state index contributed by atoms with van der Waals surface area (Å²) >= 11 is 3.09. The summed E-state index contributed by atoms with van der Waals surface area (Å²) in [5.41, 5.74) is 2.49. The zero-order valence-corrected chi connectivity index (χ0v) is 43.0. The smallest absolute Gasteiger partial charge is 0.407 e. The highest BCUT2D eigenvalue weighted by Crippen LogP contribution is 2.34. The van der Waals surface area contributed by atoms with Gasteiger partial charge in [0.05, 0.1) is 26.4 Å². The van der Waals surface area contributed by atoms with Crippen LogP contribution in [0, 0.1) is 34.3 Å². The van der Waals surface area contributed by atoms with Crippen molar-refractivity contribution in [1.29, 1.82) is 0 Å². The monoisotopic (exact) mass is 1050 g/mol. The van der Waals surface area contributed by atoms with Crippen molar-refractivity contribution in [3.8, 4) is 11.8 Å². The van der Waals surface area contributed by atoms with E-state index in [-0.39, 0.29) is 35.0 Å². The van der Waals surface area contributed by atoms with E-state index in [9.17, 15) is 29.1 Å². The van der Waals surface area contributed by atoms with Crippen LogP contribution in [0.25, 0.3) is 0 Å². The molecular formula is C51H65BrF2N8O9. The quantitative estimate of drug-likeness (QED) is 0.0967. The van der Waals surface area contributed by atoms with Crippen molar-refractivity contribution in [2.45, 2.75) is 123 Å². The van der Waals surface area contributed by atoms with Crippen molar-refractivity contribution in [2.75, 3.05) is 45.4 Å². The van der Waals surface area contributed by atoms with Gasteiger partial charge in [-0.25, -0.2) is 28.4 Å². The van der Waals surface area contributed by atoms with Gasteiger partial charge in [-0.1, -0.05) is 81.4 Å². The van der Waals surface area contributed by atoms with Gasteiger partial charge in [-0.2, -0.15) is 0 Å². The minimum absolute atomic E-state index is 0.0108. The number of pyridine rings is 1. The van der Waals surface area contributed by atoms with Gasteiger partial charge in [0.2, 0.25) is 5.91 Å². The van der Waals surface area contributed by atoms with Crippen LogP contribution in [0.2, 0.25) is 0 Å². The highest BCUT2D eigenvalue weighted by Gasteiger charge is 2.45. The predicted molar refractivity (Wildman–Crippen MR) is 263 cm³/mol. The molecule has 1 aromatic heterocycles. The van der Waals surface area contributed by atoms with Gasteiger partial charge >= 0.3 is 12.2 Å². The summed E-state index contributed by atoms with van der Waals surface area (Å²) in [7, 11) is 2.30. The molecule has 3 unspecified atom stereocenters. The number of rotatable bonds is 15. The maximum absolute atomic E-state index is 15.4. The number of alkyl carbamates (subject to hydrolysis) is 2. The van der Waals surface area contributed by atoms with E-state index in [4.69, 9.17) is 19.2 Å². The molecule has 2 bridgehead atoms. The number of hydrogen-bond donors (Lipinski definition) is 5. The first-order valence-electron chi connectivity index (χ1n) is 23.7. The van der Waals surface area contributed by atoms with E-state index in [1.165, 1.54) is 0 Å². The molecule has 6 rings (SSSR count). The number of hydrogen-bond acceptors (Lipinski definition) is 12. The standard InChI is InChI=1S/C51H65BrF2N8O9/c1-50(2,3)43(57-48(67)69-7)45(64)56-39(40(63)29-61(28-36-37(53)23-33(52)24-38(36)54)59-46(65)44(51(4,5)6)58-49(68)70-8)22-31-14-11-30(12-15-31)13-16-32-17-20-42(55-25-32)60-26-34-18-19-35(27-60)62(34)47(66)41-10-9-21-71-41/h11-12,14-15,17,20,23-25,34-35,39-41,43-44,63H,9-10,18-19,21-22,26-29H2,1-8H3,(H,56,64)(H,57,67)(H,58,68)(H,59,65)/t34?,35?,39-,40-,41-,43?,44+/m0/s1. The molecule has 0 saturated carbocycles. The van der Waals surface area contributed by atoms with Crippen molar-refractivity contribution in [3.63, 3.8) is 0 Å². The molecule has 20 heteroatoms. The highest BCUT2D eigenvalue weighted by atomic mass is 79.9. The third-order valence-corrected chi connectivity index (χ3v) is 13.3. The van der Waals surface area contributed by atoms with E-state index in [0.29, 0.717) is 36.4 Å². The van der Waals surface area contributed by atoms with Crippen LogP contribution in [0.1, 0.15) is 89.5 Å². The van der Waals surface area contributed by atoms with Gasteiger partial charge in [0.1, 0.15) is 35.6 Å². The van der Waals surface area contributed by atoms with Crippen LogP contribution in [0.5, 0.6) is 0 Å². The molecule has 384 valence electrons. The third-order valence-electron chi connectivity index (χ3n) is 12.8. The Balaban J connectivity index is 1.20. The minimum atomic E-state index is -1.54. The Bertz CT molecular complexity index is 2420. The Kier molecular flexibility index (Phi) is 18.1. The zero-order chi connectivity index (χ0) is 51.8. The topological polar surface area (TPSA) is 204 Å². The molecule has 7 atom stereocenters. The number of nitrogens with zero attached hydrogens (tertiary/aromatic N) is 4. The second-order valence-corrected chi connectivity index (χ2v) is 21.3. The molecule has 5 N–H and O–H groups in total. The lowest BCUT2D eigenvalue weighted by Crippen LogP contribution is -2.61. The van der Waals surface area contributed by atoms with E-state index in [2.05, 4.69) is 58.9 Å². The van der Waals surface area contributed by atoms with Crippen LogP contribution in [-0.4, -0.2) is 133 Å². The second-order valence-electron chi connectivity index (χ2n) is 20.4. The summed E-state index contributed by atoms with van der Waals surface area (Å²) in [5.74, 6) is 3.94. The molecule has 0 aliphatic carbocycles. The fourth-order valence-corrected chi connectivity index (χ4v) is 9.45. The van der Waals surface area contributed by atoms with Crippen molar-refractivity contribution < 1.29 is 52.1 Å². The fraction of sp³-hybridized carbons (Fsp3) is 0.529. The minimum Gasteiger partial charge on any atom is -0.453 e. The molecule has 4 heterocycles. The number of ether oxygens (including phenoxy) is 3. The number of fused-ring (bicyclic) bond motifs is 2. The van der Waals surface area contributed by atoms with Crippen LogP contribution >= 0.6 is 15.9 Å². The summed E-state index contributed by atoms with van der Waals surface area (Å²) in [6.07, 6.45) is 1.73. The van der Waals surface area contributed by atoms with Crippen LogP contribution in [-0.2, 0) is 41.6 Å². The van der Waals surface area contributed by atoms with Gasteiger partial charge in [-0.05, 0) is 84.9 Å². The maximum atomic E-state index is 15.4. The van der Waals surface area contributed by atoms with E-state index < -0.39 is 89.3 Å². The third kappa shape index (κ3) is 14.4. The largest absolute Gasteiger partial charge is 0.453 e. The number of amides is 5. The van der Waals surface area contributed by atoms with Crippen LogP contribution in [0.3, 0.4) is 0 Å². The Labute approximate surface area is 422 Å². The van der Waals surface area contributed by atoms with Crippen molar-refractivity contribution in [3.05, 3.63) is 93.1 Å². The number of carbonyl (C=O) groups excluding carboxylic acids is 5. The van der Waals surface area contributed by atoms with Crippen molar-refractivity contribution in [1.82, 2.24) is 36.3 Å². The Morgan fingerprint density at radius 1 is 0.845 bits per heavy atom. The van der Waals surface area contributed by atoms with Gasteiger partial charge in [0.25, 0.3) is 11.8 Å². The van der Waals surface area contributed by atoms with Crippen molar-refractivity contribution >= 4 is 51.7 Å². The first-order valence-corrected chi connectivity index (χ1v) is 24.5. The van der Waals surface area contributed by atoms with E-state index in [0.717, 1.165) is 62.9 Å². The van der Waals surface area contributed by atoms with E-state index in [1.54, 1.807) is 72.0 Å². The number of aliphatic hydroxyl groups excluding tert-OH is 1. The van der Waals surface area contributed by atoms with Crippen LogP contribution < -0.4 is 26.3 Å². The lowest BCUT2D eigenvalue weighted by atomic mass is 9.85. The molecule has 3 saturated heterocycles. The number of halogens is 3. The first kappa shape index (κ1) is 54.5. The number of anilines is 1. The van der Waals surface area contributed by atoms with Crippen LogP contribution in [0.4, 0.5) is 24.2 Å². The molecule has 2 aromatic carbocycles. The summed E-state index contributed by atoms with van der Waals surface area (Å²) in [4.78, 5) is 74.9. The molecule has 3 fully saturated rings. The Morgan fingerprint density at radius 3 is 1.93 bits per heavy atom. The molecule has 71 heavy (non-hydrogen) atoms. The Hall–Kier alpha value is -5.88. The second kappa shape index (κ2) is 23.6. The molecule has 5 amide bonds. The molecule has 0 radical (unpaired) electrons. The number of benzene rings is 2. The van der Waals surface area contributed by atoms with E-state index >= 15 is 8.78 Å². The number of methoxy groups -OCH3 is 2. The lowest BCUT2D eigenvalue weighted by molar-refractivity contribution is -0.144. The molecule has 3 aromatic rings. The number of aliphatic hydroxyl groups is 1. The van der Waals surface area contributed by atoms with Gasteiger partial charge in [-0.15, -0.1) is 0 Å². The van der Waals surface area contributed by atoms with Gasteiger partial charge in [0, 0.05) is 72.2 Å². The van der Waals surface area contributed by atoms with Crippen LogP contribution in [0.15, 0.2) is 59.2 Å². The summed E-state index contributed by atoms with van der Waals surface area (Å²) in [6, 6.07) is 9.86. The fourth-order valence-electron chi connectivity index (χ4n) is 9.05. The van der Waals surface area contributed by atoms with Crippen molar-refractivity contribution in [2.24, 2.45) is 10.8 Å². The Morgan fingerprint density at radius 2 is 1.41 bits per heavy atom. The maximum Gasteiger partial charge on any atom is 0.407 e.